The van der Waals surface area contributed by atoms with Crippen molar-refractivity contribution in [3.63, 3.8) is 0 Å². The van der Waals surface area contributed by atoms with Crippen LogP contribution in [0.25, 0.3) is 0 Å². The van der Waals surface area contributed by atoms with Crippen molar-refractivity contribution < 1.29 is 22.7 Å². The molecule has 1 heterocycles. The van der Waals surface area contributed by atoms with Crippen LogP contribution in [0.4, 0.5) is 11.4 Å². The number of sulfonamides is 1. The average molecular weight is 475 g/mol. The lowest BCUT2D eigenvalue weighted by Gasteiger charge is -2.28. The molecule has 180 valence electrons. The number of rotatable bonds is 8. The first-order valence-electron chi connectivity index (χ1n) is 11.3. The second-order valence-corrected chi connectivity index (χ2v) is 11.1. The molecule has 0 radical (unpaired) electrons. The molecular weight excluding hydrogens is 440 g/mol. The number of methoxy groups -OCH3 is 1. The molecular formula is C25H34N2O5S. The Bertz CT molecular complexity index is 1130. The minimum Gasteiger partial charge on any atom is -0.495 e. The van der Waals surface area contributed by atoms with E-state index in [0.717, 1.165) is 12.0 Å². The maximum atomic E-state index is 13.2. The van der Waals surface area contributed by atoms with Gasteiger partial charge in [-0.1, -0.05) is 26.8 Å². The molecule has 33 heavy (non-hydrogen) atoms. The van der Waals surface area contributed by atoms with Crippen molar-refractivity contribution in [3.8, 4) is 11.5 Å². The molecule has 8 heteroatoms. The van der Waals surface area contributed by atoms with Crippen molar-refractivity contribution in [2.24, 2.45) is 11.3 Å². The van der Waals surface area contributed by atoms with Gasteiger partial charge in [0.25, 0.3) is 10.0 Å². The number of carbonyl (C=O) groups excluding carboxylic acids is 1. The van der Waals surface area contributed by atoms with E-state index in [2.05, 4.69) is 18.6 Å². The highest BCUT2D eigenvalue weighted by atomic mass is 32.2. The van der Waals surface area contributed by atoms with Crippen molar-refractivity contribution in [1.29, 1.82) is 0 Å². The second kappa shape index (κ2) is 9.63. The van der Waals surface area contributed by atoms with Crippen LogP contribution in [0.2, 0.25) is 0 Å². The van der Waals surface area contributed by atoms with Gasteiger partial charge in [0.15, 0.2) is 0 Å². The lowest BCUT2D eigenvalue weighted by Crippen LogP contribution is -2.42. The third-order valence-electron chi connectivity index (χ3n) is 5.77. The number of fused-ring (bicyclic) bond motifs is 1. The highest BCUT2D eigenvalue weighted by molar-refractivity contribution is 7.92. The first-order chi connectivity index (χ1) is 15.5. The number of aryl methyl sites for hydroxylation is 1. The van der Waals surface area contributed by atoms with Crippen LogP contribution in [0.3, 0.4) is 0 Å². The maximum absolute atomic E-state index is 13.2. The Labute approximate surface area is 197 Å². The van der Waals surface area contributed by atoms with Gasteiger partial charge in [-0.05, 0) is 62.4 Å². The molecule has 0 saturated heterocycles. The van der Waals surface area contributed by atoms with Gasteiger partial charge in [0.2, 0.25) is 5.91 Å². The normalized spacial score (nSPS) is 15.6. The molecule has 3 rings (SSSR count). The molecule has 0 spiro atoms. The van der Waals surface area contributed by atoms with Gasteiger partial charge < -0.3 is 14.4 Å². The minimum atomic E-state index is -3.90. The van der Waals surface area contributed by atoms with Crippen LogP contribution in [-0.2, 0) is 21.2 Å². The Kier molecular flexibility index (Phi) is 7.26. The van der Waals surface area contributed by atoms with E-state index in [-0.39, 0.29) is 23.2 Å². The molecule has 1 amide bonds. The summed E-state index contributed by atoms with van der Waals surface area (Å²) in [6.07, 6.45) is 1.55. The van der Waals surface area contributed by atoms with E-state index >= 15 is 0 Å². The van der Waals surface area contributed by atoms with E-state index in [9.17, 15) is 13.2 Å². The molecule has 2 aromatic rings. The monoisotopic (exact) mass is 474 g/mol. The van der Waals surface area contributed by atoms with Crippen molar-refractivity contribution in [2.75, 3.05) is 29.9 Å². The molecule has 0 unspecified atom stereocenters. The van der Waals surface area contributed by atoms with Crippen LogP contribution >= 0.6 is 0 Å². The summed E-state index contributed by atoms with van der Waals surface area (Å²) in [4.78, 5) is 15.0. The molecule has 0 fully saturated rings. The van der Waals surface area contributed by atoms with E-state index < -0.39 is 15.4 Å². The summed E-state index contributed by atoms with van der Waals surface area (Å²) in [6.45, 7) is 10.7. The van der Waals surface area contributed by atoms with Gasteiger partial charge in [-0.3, -0.25) is 9.52 Å². The fourth-order valence-corrected chi connectivity index (χ4v) is 4.95. The van der Waals surface area contributed by atoms with Gasteiger partial charge in [-0.2, -0.15) is 0 Å². The quantitative estimate of drug-likeness (QED) is 0.591. The van der Waals surface area contributed by atoms with Crippen LogP contribution in [0.15, 0.2) is 41.3 Å². The summed E-state index contributed by atoms with van der Waals surface area (Å²) in [5, 5.41) is 0. The molecule has 0 aromatic heterocycles. The van der Waals surface area contributed by atoms with Gasteiger partial charge in [0.1, 0.15) is 23.0 Å². The summed E-state index contributed by atoms with van der Waals surface area (Å²) >= 11 is 0. The first-order valence-corrected chi connectivity index (χ1v) is 12.8. The van der Waals surface area contributed by atoms with Crippen LogP contribution in [0.1, 0.15) is 46.6 Å². The molecule has 0 bridgehead atoms. The predicted octanol–water partition coefficient (Wildman–Crippen LogP) is 4.86. The molecule has 1 aliphatic heterocycles. The van der Waals surface area contributed by atoms with Gasteiger partial charge in [0.05, 0.1) is 23.9 Å². The van der Waals surface area contributed by atoms with E-state index in [1.807, 2.05) is 26.8 Å². The maximum Gasteiger partial charge on any atom is 0.265 e. The standard InChI is InChI=1S/C25H34N2O5S/c1-7-18-8-11-21(31-6)23(14-18)33(29,30)26-19-9-10-20-22(15-19)32-16-25(4,5)24(28)27(20)13-12-17(2)3/h8-11,14-15,17,26H,7,12-13,16H2,1-6H3. The van der Waals surface area contributed by atoms with Gasteiger partial charge in [-0.25, -0.2) is 8.42 Å². The fraction of sp³-hybridized carbons (Fsp3) is 0.480. The van der Waals surface area contributed by atoms with Crippen LogP contribution in [-0.4, -0.2) is 34.6 Å². The van der Waals surface area contributed by atoms with Gasteiger partial charge in [0, 0.05) is 12.6 Å². The number of benzene rings is 2. The highest BCUT2D eigenvalue weighted by Gasteiger charge is 2.37. The molecule has 1 aliphatic rings. The Hall–Kier alpha value is -2.74. The van der Waals surface area contributed by atoms with Crippen LogP contribution in [0, 0.1) is 11.3 Å². The van der Waals surface area contributed by atoms with Crippen LogP contribution in [0.5, 0.6) is 11.5 Å². The Morgan fingerprint density at radius 1 is 1.18 bits per heavy atom. The molecule has 2 aromatic carbocycles. The van der Waals surface area contributed by atoms with Gasteiger partial charge >= 0.3 is 0 Å². The highest BCUT2D eigenvalue weighted by Crippen LogP contribution is 2.39. The Morgan fingerprint density at radius 2 is 1.91 bits per heavy atom. The SMILES string of the molecule is CCc1ccc(OC)c(S(=O)(=O)Nc2ccc3c(c2)OCC(C)(C)C(=O)N3CCC(C)C)c1. The van der Waals surface area contributed by atoms with Gasteiger partial charge in [-0.15, -0.1) is 0 Å². The summed E-state index contributed by atoms with van der Waals surface area (Å²) in [6, 6.07) is 10.2. The first kappa shape index (κ1) is 24.9. The molecule has 0 saturated carbocycles. The summed E-state index contributed by atoms with van der Waals surface area (Å²) in [7, 11) is -2.46. The summed E-state index contributed by atoms with van der Waals surface area (Å²) in [5.74, 6) is 1.19. The zero-order valence-corrected chi connectivity index (χ0v) is 21.1. The minimum absolute atomic E-state index is 0.00338. The summed E-state index contributed by atoms with van der Waals surface area (Å²) < 4.78 is 40.3. The fourth-order valence-electron chi connectivity index (χ4n) is 3.68. The number of nitrogens with one attached hydrogen (secondary N) is 1. The lowest BCUT2D eigenvalue weighted by atomic mass is 9.92. The summed E-state index contributed by atoms with van der Waals surface area (Å²) in [5.41, 5.74) is 1.21. The van der Waals surface area contributed by atoms with E-state index in [1.165, 1.54) is 7.11 Å². The molecule has 7 nitrogen and oxygen atoms in total. The largest absolute Gasteiger partial charge is 0.495 e. The van der Waals surface area contributed by atoms with E-state index in [0.29, 0.717) is 36.0 Å². The van der Waals surface area contributed by atoms with Crippen molar-refractivity contribution >= 4 is 27.3 Å². The number of carbonyl (C=O) groups is 1. The van der Waals surface area contributed by atoms with E-state index in [4.69, 9.17) is 9.47 Å². The second-order valence-electron chi connectivity index (χ2n) is 9.44. The topological polar surface area (TPSA) is 84.9 Å². The number of ether oxygens (including phenoxy) is 2. The van der Waals surface area contributed by atoms with Crippen molar-refractivity contribution in [1.82, 2.24) is 0 Å². The zero-order chi connectivity index (χ0) is 24.4. The predicted molar refractivity (Wildman–Crippen MR) is 131 cm³/mol. The van der Waals surface area contributed by atoms with E-state index in [1.54, 1.807) is 35.2 Å². The third-order valence-corrected chi connectivity index (χ3v) is 7.17. The van der Waals surface area contributed by atoms with Crippen molar-refractivity contribution in [3.05, 3.63) is 42.0 Å². The zero-order valence-electron chi connectivity index (χ0n) is 20.3. The third kappa shape index (κ3) is 5.43. The number of nitrogens with zero attached hydrogens (tertiary/aromatic N) is 1. The molecule has 0 aliphatic carbocycles. The molecule has 1 N–H and O–H groups in total. The Balaban J connectivity index is 1.97. The van der Waals surface area contributed by atoms with Crippen LogP contribution < -0.4 is 19.1 Å². The molecule has 0 atom stereocenters. The smallest absolute Gasteiger partial charge is 0.265 e. The number of hydrogen-bond acceptors (Lipinski definition) is 5. The number of anilines is 2. The lowest BCUT2D eigenvalue weighted by molar-refractivity contribution is -0.127. The average Bonchev–Trinajstić information content (AvgIpc) is 2.86. The Morgan fingerprint density at radius 3 is 2.55 bits per heavy atom. The van der Waals surface area contributed by atoms with Crippen molar-refractivity contribution in [2.45, 2.75) is 52.4 Å². The number of amides is 1. The number of hydrogen-bond donors (Lipinski definition) is 1.